The highest BCUT2D eigenvalue weighted by Gasteiger charge is 2.30. The number of hydrogen-bond acceptors (Lipinski definition) is 3. The Bertz CT molecular complexity index is 817. The number of hydrogen-bond donors (Lipinski definition) is 2. The Morgan fingerprint density at radius 1 is 1.12 bits per heavy atom. The van der Waals surface area contributed by atoms with Crippen molar-refractivity contribution >= 4 is 23.3 Å². The van der Waals surface area contributed by atoms with Crippen LogP contribution in [0.25, 0.3) is 0 Å². The zero-order valence-corrected chi connectivity index (χ0v) is 14.2. The van der Waals surface area contributed by atoms with Gasteiger partial charge >= 0.3 is 6.03 Å². The van der Waals surface area contributed by atoms with Crippen LogP contribution in [0.2, 0.25) is 0 Å². The fraction of sp³-hybridized carbons (Fsp3) is 0.211. The molecule has 1 heterocycles. The molecule has 1 aliphatic heterocycles. The van der Waals surface area contributed by atoms with E-state index in [0.29, 0.717) is 12.3 Å². The second kappa shape index (κ2) is 7.17. The van der Waals surface area contributed by atoms with Crippen LogP contribution in [0.1, 0.15) is 18.1 Å². The SMILES string of the molecule is CCNC(=O)N[C@H]1N=C(c2ccccc2)c2ccccc2N(C)C1=O. The Balaban J connectivity index is 2.11. The van der Waals surface area contributed by atoms with Crippen LogP contribution in [-0.2, 0) is 4.79 Å². The first-order valence-corrected chi connectivity index (χ1v) is 8.16. The Morgan fingerprint density at radius 3 is 2.52 bits per heavy atom. The summed E-state index contributed by atoms with van der Waals surface area (Å²) in [4.78, 5) is 30.9. The number of urea groups is 1. The second-order valence-corrected chi connectivity index (χ2v) is 5.66. The lowest BCUT2D eigenvalue weighted by molar-refractivity contribution is -0.119. The van der Waals surface area contributed by atoms with E-state index >= 15 is 0 Å². The van der Waals surface area contributed by atoms with E-state index in [-0.39, 0.29) is 5.91 Å². The zero-order valence-electron chi connectivity index (χ0n) is 14.2. The van der Waals surface area contributed by atoms with Crippen LogP contribution >= 0.6 is 0 Å². The smallest absolute Gasteiger partial charge is 0.316 e. The highest BCUT2D eigenvalue weighted by atomic mass is 16.2. The Labute approximate surface area is 146 Å². The number of anilines is 1. The summed E-state index contributed by atoms with van der Waals surface area (Å²) in [6.45, 7) is 2.28. The molecule has 0 aromatic heterocycles. The van der Waals surface area contributed by atoms with Crippen molar-refractivity contribution in [1.29, 1.82) is 0 Å². The standard InChI is InChI=1S/C19H20N4O2/c1-3-20-19(25)22-17-18(24)23(2)15-12-8-7-11-14(15)16(21-17)13-9-5-4-6-10-13/h4-12,17H,3H2,1-2H3,(H2,20,22,25)/t17-/m1/s1. The molecule has 2 aromatic rings. The van der Waals surface area contributed by atoms with Gasteiger partial charge in [0.05, 0.1) is 11.4 Å². The molecule has 0 aliphatic carbocycles. The van der Waals surface area contributed by atoms with Gasteiger partial charge in [0.2, 0.25) is 6.17 Å². The van der Waals surface area contributed by atoms with Crippen LogP contribution in [0.3, 0.4) is 0 Å². The van der Waals surface area contributed by atoms with E-state index in [1.165, 1.54) is 4.90 Å². The molecule has 0 spiro atoms. The molecule has 0 bridgehead atoms. The zero-order chi connectivity index (χ0) is 17.8. The van der Waals surface area contributed by atoms with Crippen molar-refractivity contribution in [3.05, 3.63) is 65.7 Å². The van der Waals surface area contributed by atoms with E-state index in [1.807, 2.05) is 61.5 Å². The number of carbonyl (C=O) groups is 2. The Hall–Kier alpha value is -3.15. The average Bonchev–Trinajstić information content (AvgIpc) is 2.74. The van der Waals surface area contributed by atoms with Crippen LogP contribution in [0.5, 0.6) is 0 Å². The van der Waals surface area contributed by atoms with Gasteiger partial charge in [-0.25, -0.2) is 9.79 Å². The van der Waals surface area contributed by atoms with Gasteiger partial charge in [0.1, 0.15) is 0 Å². The molecule has 128 valence electrons. The summed E-state index contributed by atoms with van der Waals surface area (Å²) in [6, 6.07) is 16.8. The third-order valence-corrected chi connectivity index (χ3v) is 4.00. The van der Waals surface area contributed by atoms with Crippen molar-refractivity contribution in [3.8, 4) is 0 Å². The summed E-state index contributed by atoms with van der Waals surface area (Å²) in [5, 5.41) is 5.28. The van der Waals surface area contributed by atoms with Crippen molar-refractivity contribution in [3.63, 3.8) is 0 Å². The van der Waals surface area contributed by atoms with Gasteiger partial charge < -0.3 is 15.5 Å². The number of carbonyl (C=O) groups excluding carboxylic acids is 2. The minimum Gasteiger partial charge on any atom is -0.338 e. The first kappa shape index (κ1) is 16.7. The highest BCUT2D eigenvalue weighted by Crippen LogP contribution is 2.26. The predicted molar refractivity (Wildman–Crippen MR) is 97.9 cm³/mol. The molecule has 2 aromatic carbocycles. The van der Waals surface area contributed by atoms with E-state index < -0.39 is 12.2 Å². The number of rotatable bonds is 3. The summed E-state index contributed by atoms with van der Waals surface area (Å²) in [7, 11) is 1.69. The molecular formula is C19H20N4O2. The first-order valence-electron chi connectivity index (χ1n) is 8.16. The summed E-state index contributed by atoms with van der Waals surface area (Å²) >= 11 is 0. The van der Waals surface area contributed by atoms with Gasteiger partial charge in [-0.05, 0) is 13.0 Å². The molecule has 0 unspecified atom stereocenters. The largest absolute Gasteiger partial charge is 0.338 e. The van der Waals surface area contributed by atoms with Crippen LogP contribution < -0.4 is 15.5 Å². The molecule has 0 saturated heterocycles. The van der Waals surface area contributed by atoms with Gasteiger partial charge in [0.25, 0.3) is 5.91 Å². The van der Waals surface area contributed by atoms with Crippen LogP contribution in [0.4, 0.5) is 10.5 Å². The predicted octanol–water partition coefficient (Wildman–Crippen LogP) is 2.15. The third-order valence-electron chi connectivity index (χ3n) is 4.00. The second-order valence-electron chi connectivity index (χ2n) is 5.66. The molecule has 0 saturated carbocycles. The fourth-order valence-electron chi connectivity index (χ4n) is 2.78. The molecule has 0 radical (unpaired) electrons. The lowest BCUT2D eigenvalue weighted by Crippen LogP contribution is -2.49. The van der Waals surface area contributed by atoms with E-state index in [9.17, 15) is 9.59 Å². The molecule has 2 N–H and O–H groups in total. The van der Waals surface area contributed by atoms with E-state index in [0.717, 1.165) is 16.8 Å². The van der Waals surface area contributed by atoms with Crippen LogP contribution in [-0.4, -0.2) is 37.4 Å². The summed E-state index contributed by atoms with van der Waals surface area (Å²) < 4.78 is 0. The van der Waals surface area contributed by atoms with Crippen molar-refractivity contribution in [2.24, 2.45) is 4.99 Å². The number of fused-ring (bicyclic) bond motifs is 1. The topological polar surface area (TPSA) is 73.8 Å². The lowest BCUT2D eigenvalue weighted by atomic mass is 10.0. The number of amides is 3. The minimum absolute atomic E-state index is 0.287. The van der Waals surface area contributed by atoms with E-state index in [4.69, 9.17) is 0 Å². The molecule has 1 aliphatic rings. The summed E-state index contributed by atoms with van der Waals surface area (Å²) in [5.74, 6) is -0.287. The summed E-state index contributed by atoms with van der Waals surface area (Å²) in [5.41, 5.74) is 3.18. The van der Waals surface area contributed by atoms with Crippen LogP contribution in [0, 0.1) is 0 Å². The van der Waals surface area contributed by atoms with E-state index in [1.54, 1.807) is 7.05 Å². The maximum absolute atomic E-state index is 12.8. The normalized spacial score (nSPS) is 16.6. The maximum Gasteiger partial charge on any atom is 0.316 e. The van der Waals surface area contributed by atoms with Gasteiger partial charge in [-0.15, -0.1) is 0 Å². The van der Waals surface area contributed by atoms with E-state index in [2.05, 4.69) is 15.6 Å². The number of nitrogens with zero attached hydrogens (tertiary/aromatic N) is 2. The molecule has 3 rings (SSSR count). The van der Waals surface area contributed by atoms with Gasteiger partial charge in [-0.3, -0.25) is 4.79 Å². The van der Waals surface area contributed by atoms with Gasteiger partial charge in [-0.2, -0.15) is 0 Å². The van der Waals surface area contributed by atoms with Crippen molar-refractivity contribution in [2.75, 3.05) is 18.5 Å². The van der Waals surface area contributed by atoms with Crippen LogP contribution in [0.15, 0.2) is 59.6 Å². The monoisotopic (exact) mass is 336 g/mol. The number of aliphatic imine (C=N–C) groups is 1. The maximum atomic E-state index is 12.8. The summed E-state index contributed by atoms with van der Waals surface area (Å²) in [6.07, 6.45) is -0.987. The third kappa shape index (κ3) is 3.38. The van der Waals surface area contributed by atoms with Crippen molar-refractivity contribution in [2.45, 2.75) is 13.1 Å². The Kier molecular flexibility index (Phi) is 4.79. The highest BCUT2D eigenvalue weighted by molar-refractivity contribution is 6.20. The number of likely N-dealkylation sites (N-methyl/N-ethyl adjacent to an activating group) is 1. The Morgan fingerprint density at radius 2 is 1.80 bits per heavy atom. The van der Waals surface area contributed by atoms with Gasteiger partial charge in [0, 0.05) is 24.7 Å². The van der Waals surface area contributed by atoms with Gasteiger partial charge in [0.15, 0.2) is 0 Å². The quantitative estimate of drug-likeness (QED) is 0.901. The molecule has 3 amide bonds. The molecule has 6 nitrogen and oxygen atoms in total. The minimum atomic E-state index is -0.987. The number of benzodiazepines with no additional fused rings is 1. The average molecular weight is 336 g/mol. The number of benzene rings is 2. The van der Waals surface area contributed by atoms with Crippen molar-refractivity contribution in [1.82, 2.24) is 10.6 Å². The molecule has 1 atom stereocenters. The fourth-order valence-corrected chi connectivity index (χ4v) is 2.78. The van der Waals surface area contributed by atoms with Gasteiger partial charge in [-0.1, -0.05) is 48.5 Å². The molecular weight excluding hydrogens is 316 g/mol. The lowest BCUT2D eigenvalue weighted by Gasteiger charge is -2.20. The van der Waals surface area contributed by atoms with Crippen molar-refractivity contribution < 1.29 is 9.59 Å². The first-order chi connectivity index (χ1) is 12.1. The molecule has 25 heavy (non-hydrogen) atoms. The molecule has 6 heteroatoms. The number of para-hydroxylation sites is 1. The number of nitrogens with one attached hydrogen (secondary N) is 2. The molecule has 0 fully saturated rings.